The predicted molar refractivity (Wildman–Crippen MR) is 122 cm³/mol. The van der Waals surface area contributed by atoms with E-state index in [2.05, 4.69) is 24.8 Å². The van der Waals surface area contributed by atoms with Gasteiger partial charge in [-0.2, -0.15) is 10.1 Å². The average molecular weight is 525 g/mol. The highest BCUT2D eigenvalue weighted by molar-refractivity contribution is 7.52. The minimum atomic E-state index is -4.44. The van der Waals surface area contributed by atoms with Crippen LogP contribution in [-0.2, 0) is 23.4 Å². The molecule has 6 atom stereocenters. The number of nitrogens with one attached hydrogen (secondary N) is 1. The summed E-state index contributed by atoms with van der Waals surface area (Å²) in [5.74, 6) is -0.796. The maximum Gasteiger partial charge on any atom is 0.459 e. The average Bonchev–Trinajstić information content (AvgIpc) is 3.08. The molecule has 16 nitrogen and oxygen atoms in total. The van der Waals surface area contributed by atoms with Crippen molar-refractivity contribution in [1.29, 1.82) is 0 Å². The minimum absolute atomic E-state index is 0.0912. The number of rotatable bonds is 10. The second kappa shape index (κ2) is 11.1. The number of ether oxygens (including phenoxy) is 2. The molecule has 0 radical (unpaired) electrons. The fourth-order valence-corrected chi connectivity index (χ4v) is 4.79. The molecule has 194 valence electrons. The number of methoxy groups -OCH3 is 1. The lowest BCUT2D eigenvalue weighted by Gasteiger charge is -2.29. The highest BCUT2D eigenvalue weighted by atomic mass is 31.2. The summed E-state index contributed by atoms with van der Waals surface area (Å²) in [5.41, 5.74) is 11.3. The monoisotopic (exact) mass is 525 g/mol. The van der Waals surface area contributed by atoms with Gasteiger partial charge in [-0.25, -0.2) is 9.36 Å². The molecular formula is C19H24N7O9P. The third-order valence-corrected chi connectivity index (χ3v) is 6.68. The van der Waals surface area contributed by atoms with Gasteiger partial charge in [-0.1, -0.05) is 23.3 Å². The number of nitrogen functional groups attached to an aromatic ring is 1. The molecule has 36 heavy (non-hydrogen) atoms. The lowest BCUT2D eigenvalue weighted by Crippen LogP contribution is -2.45. The summed E-state index contributed by atoms with van der Waals surface area (Å²) in [6.45, 7) is 0.397. The second-order valence-electron chi connectivity index (χ2n) is 7.57. The zero-order valence-corrected chi connectivity index (χ0v) is 20.0. The normalized spacial score (nSPS) is 25.8. The number of nitrogens with zero attached hydrogens (tertiary/aromatic N) is 5. The van der Waals surface area contributed by atoms with Crippen molar-refractivity contribution < 1.29 is 38.1 Å². The number of carbonyl (C=O) groups is 1. The Morgan fingerprint density at radius 3 is 2.72 bits per heavy atom. The largest absolute Gasteiger partial charge is 0.468 e. The number of hydrogen-bond donors (Lipinski definition) is 4. The van der Waals surface area contributed by atoms with Crippen LogP contribution in [0.25, 0.3) is 10.4 Å². The van der Waals surface area contributed by atoms with E-state index >= 15 is 0 Å². The predicted octanol–water partition coefficient (Wildman–Crippen LogP) is 0.438. The van der Waals surface area contributed by atoms with Crippen LogP contribution in [-0.4, -0.2) is 63.4 Å². The van der Waals surface area contributed by atoms with E-state index in [-0.39, 0.29) is 11.6 Å². The third kappa shape index (κ3) is 5.83. The van der Waals surface area contributed by atoms with Gasteiger partial charge in [-0.15, -0.1) is 0 Å². The SMILES string of the molecule is COC(=O)[C@H](C)NP(=O)(OC[C@@]1(N=[N+]=[N-])OC(n2ccc(N)nc2=O)[C@H](O)[C@@H]1O)Oc1ccccc1. The van der Waals surface area contributed by atoms with Crippen LogP contribution in [0.3, 0.4) is 0 Å². The molecule has 0 saturated carbocycles. The molecule has 2 unspecified atom stereocenters. The molecular weight excluding hydrogens is 501 g/mol. The summed E-state index contributed by atoms with van der Waals surface area (Å²) in [5, 5.41) is 27.1. The third-order valence-electron chi connectivity index (χ3n) is 5.06. The number of aliphatic hydroxyl groups excluding tert-OH is 2. The van der Waals surface area contributed by atoms with Crippen molar-refractivity contribution >= 4 is 19.5 Å². The van der Waals surface area contributed by atoms with E-state index in [0.29, 0.717) is 0 Å². The number of azide groups is 1. The second-order valence-corrected chi connectivity index (χ2v) is 9.26. The van der Waals surface area contributed by atoms with E-state index in [0.717, 1.165) is 17.9 Å². The van der Waals surface area contributed by atoms with Gasteiger partial charge >= 0.3 is 19.4 Å². The first kappa shape index (κ1) is 27.1. The highest BCUT2D eigenvalue weighted by Crippen LogP contribution is 2.48. The number of nitrogens with two attached hydrogens (primary N) is 1. The van der Waals surface area contributed by atoms with Gasteiger partial charge in [0.25, 0.3) is 0 Å². The van der Waals surface area contributed by atoms with Gasteiger partial charge in [-0.05, 0) is 30.7 Å². The molecule has 1 fully saturated rings. The van der Waals surface area contributed by atoms with Crippen LogP contribution in [0.5, 0.6) is 5.75 Å². The molecule has 0 amide bonds. The number of esters is 1. The molecule has 1 aliphatic rings. The lowest BCUT2D eigenvalue weighted by atomic mass is 10.1. The van der Waals surface area contributed by atoms with E-state index in [4.69, 9.17) is 25.0 Å². The Bertz CT molecular complexity index is 1240. The summed E-state index contributed by atoms with van der Waals surface area (Å²) < 4.78 is 35.5. The Labute approximate surface area is 203 Å². The van der Waals surface area contributed by atoms with Gasteiger partial charge < -0.3 is 29.9 Å². The zero-order chi connectivity index (χ0) is 26.5. The summed E-state index contributed by atoms with van der Waals surface area (Å²) in [6.07, 6.45) is -4.18. The Hall–Kier alpha value is -3.49. The quantitative estimate of drug-likeness (QED) is 0.109. The molecule has 2 heterocycles. The first-order valence-corrected chi connectivity index (χ1v) is 11.9. The Balaban J connectivity index is 1.91. The van der Waals surface area contributed by atoms with Crippen LogP contribution in [0.15, 0.2) is 52.5 Å². The number of aromatic nitrogens is 2. The van der Waals surface area contributed by atoms with Gasteiger partial charge in [-0.3, -0.25) is 13.9 Å². The molecule has 0 bridgehead atoms. The van der Waals surface area contributed by atoms with Crippen molar-refractivity contribution in [2.75, 3.05) is 19.5 Å². The molecule has 1 aromatic carbocycles. The molecule has 1 aliphatic heterocycles. The lowest BCUT2D eigenvalue weighted by molar-refractivity contribution is -0.142. The molecule has 1 saturated heterocycles. The van der Waals surface area contributed by atoms with Gasteiger partial charge in [0.15, 0.2) is 6.23 Å². The van der Waals surface area contributed by atoms with Crippen LogP contribution in [0.4, 0.5) is 5.82 Å². The zero-order valence-electron chi connectivity index (χ0n) is 19.1. The topological polar surface area (TPSA) is 233 Å². The minimum Gasteiger partial charge on any atom is -0.468 e. The molecule has 1 aromatic heterocycles. The van der Waals surface area contributed by atoms with Crippen LogP contribution in [0.1, 0.15) is 13.2 Å². The number of benzene rings is 1. The van der Waals surface area contributed by atoms with Crippen molar-refractivity contribution in [2.45, 2.75) is 37.1 Å². The number of hydrogen-bond acceptors (Lipinski definition) is 12. The van der Waals surface area contributed by atoms with Gasteiger partial charge in [0.2, 0.25) is 5.72 Å². The van der Waals surface area contributed by atoms with Gasteiger partial charge in [0, 0.05) is 11.1 Å². The fourth-order valence-electron chi connectivity index (χ4n) is 3.27. The Morgan fingerprint density at radius 1 is 1.42 bits per heavy atom. The molecule has 17 heteroatoms. The maximum absolute atomic E-state index is 13.6. The van der Waals surface area contributed by atoms with E-state index in [1.54, 1.807) is 18.2 Å². The highest BCUT2D eigenvalue weighted by Gasteiger charge is 2.56. The van der Waals surface area contributed by atoms with Crippen molar-refractivity contribution in [2.24, 2.45) is 5.11 Å². The van der Waals surface area contributed by atoms with Crippen molar-refractivity contribution in [3.8, 4) is 5.75 Å². The van der Waals surface area contributed by atoms with Crippen molar-refractivity contribution in [3.63, 3.8) is 0 Å². The van der Waals surface area contributed by atoms with Crippen LogP contribution >= 0.6 is 7.75 Å². The van der Waals surface area contributed by atoms with Gasteiger partial charge in [0.1, 0.15) is 29.8 Å². The Morgan fingerprint density at radius 2 is 2.11 bits per heavy atom. The number of para-hydroxylation sites is 1. The molecule has 0 spiro atoms. The Kier molecular flexibility index (Phi) is 8.32. The van der Waals surface area contributed by atoms with Crippen molar-refractivity contribution in [3.05, 3.63) is 63.5 Å². The van der Waals surface area contributed by atoms with E-state index in [1.807, 2.05) is 0 Å². The number of anilines is 1. The van der Waals surface area contributed by atoms with Crippen molar-refractivity contribution in [1.82, 2.24) is 14.6 Å². The number of aliphatic hydroxyl groups is 2. The maximum atomic E-state index is 13.6. The molecule has 2 aromatic rings. The molecule has 3 rings (SSSR count). The van der Waals surface area contributed by atoms with Crippen LogP contribution in [0.2, 0.25) is 0 Å². The molecule has 5 N–H and O–H groups in total. The smallest absolute Gasteiger partial charge is 0.459 e. The molecule has 0 aliphatic carbocycles. The summed E-state index contributed by atoms with van der Waals surface area (Å²) >= 11 is 0. The summed E-state index contributed by atoms with van der Waals surface area (Å²) in [6, 6.07) is 7.86. The van der Waals surface area contributed by atoms with E-state index < -0.39 is 56.2 Å². The summed E-state index contributed by atoms with van der Waals surface area (Å²) in [7, 11) is -3.32. The fraction of sp³-hybridized carbons (Fsp3) is 0.421. The van der Waals surface area contributed by atoms with Crippen LogP contribution in [0, 0.1) is 0 Å². The number of carbonyl (C=O) groups excluding carboxylic acids is 1. The van der Waals surface area contributed by atoms with Gasteiger partial charge in [0.05, 0.1) is 13.7 Å². The standard InChI is InChI=1S/C19H24N7O9P/c1-11(17(29)32-2)23-36(31,35-12-6-4-3-5-7-12)33-10-19(24-25-21)15(28)14(27)16(34-19)26-9-8-13(20)22-18(26)30/h3-9,11,14-16,27-28H,10H2,1-2H3,(H,23,31)(H2,20,22,30)/t11-,14+,15-,16?,19+,36?/m0/s1. The summed E-state index contributed by atoms with van der Waals surface area (Å²) in [4.78, 5) is 30.3. The van der Waals surface area contributed by atoms with Crippen LogP contribution < -0.4 is 21.0 Å². The first-order valence-electron chi connectivity index (χ1n) is 10.3. The van der Waals surface area contributed by atoms with E-state index in [1.165, 1.54) is 25.1 Å². The van der Waals surface area contributed by atoms with E-state index in [9.17, 15) is 24.4 Å². The first-order chi connectivity index (χ1) is 17.0.